The SMILES string of the molecule is CC(=Cc1ccc(F)cc1)C(=O)NCC(C)(O)c1cccs1. The van der Waals surface area contributed by atoms with Gasteiger partial charge in [-0.2, -0.15) is 0 Å². The van der Waals surface area contributed by atoms with Crippen molar-refractivity contribution in [3.63, 3.8) is 0 Å². The first-order valence-corrected chi connectivity index (χ1v) is 7.75. The summed E-state index contributed by atoms with van der Waals surface area (Å²) in [4.78, 5) is 12.9. The molecule has 2 rings (SSSR count). The first-order valence-electron chi connectivity index (χ1n) is 6.87. The molecule has 1 unspecified atom stereocenters. The normalized spacial score (nSPS) is 14.5. The summed E-state index contributed by atoms with van der Waals surface area (Å²) >= 11 is 1.44. The maximum atomic E-state index is 12.8. The topological polar surface area (TPSA) is 49.3 Å². The van der Waals surface area contributed by atoms with E-state index >= 15 is 0 Å². The van der Waals surface area contributed by atoms with Crippen LogP contribution in [-0.2, 0) is 10.4 Å². The number of hydrogen-bond donors (Lipinski definition) is 2. The van der Waals surface area contributed by atoms with Gasteiger partial charge >= 0.3 is 0 Å². The Morgan fingerprint density at radius 3 is 2.64 bits per heavy atom. The summed E-state index contributed by atoms with van der Waals surface area (Å²) in [7, 11) is 0. The third-order valence-corrected chi connectivity index (χ3v) is 4.38. The second kappa shape index (κ2) is 6.85. The van der Waals surface area contributed by atoms with Crippen LogP contribution in [-0.4, -0.2) is 17.6 Å². The molecule has 1 heterocycles. The molecule has 0 bridgehead atoms. The van der Waals surface area contributed by atoms with Crippen LogP contribution in [0.15, 0.2) is 47.4 Å². The summed E-state index contributed by atoms with van der Waals surface area (Å²) in [6, 6.07) is 9.59. The van der Waals surface area contributed by atoms with Crippen molar-refractivity contribution < 1.29 is 14.3 Å². The average molecular weight is 319 g/mol. The van der Waals surface area contributed by atoms with Crippen LogP contribution in [0.25, 0.3) is 6.08 Å². The number of thiophene rings is 1. The molecular weight excluding hydrogens is 301 g/mol. The second-order valence-electron chi connectivity index (χ2n) is 5.31. The Balaban J connectivity index is 1.98. The van der Waals surface area contributed by atoms with E-state index in [1.54, 1.807) is 32.1 Å². The van der Waals surface area contributed by atoms with E-state index < -0.39 is 5.60 Å². The van der Waals surface area contributed by atoms with Crippen molar-refractivity contribution in [3.05, 3.63) is 63.6 Å². The van der Waals surface area contributed by atoms with Crippen LogP contribution in [0.4, 0.5) is 4.39 Å². The highest BCUT2D eigenvalue weighted by atomic mass is 32.1. The lowest BCUT2D eigenvalue weighted by Crippen LogP contribution is -2.38. The molecule has 116 valence electrons. The van der Waals surface area contributed by atoms with Crippen LogP contribution in [0.5, 0.6) is 0 Å². The Bertz CT molecular complexity index is 660. The molecule has 1 aromatic carbocycles. The lowest BCUT2D eigenvalue weighted by Gasteiger charge is -2.22. The number of carbonyl (C=O) groups is 1. The average Bonchev–Trinajstić information content (AvgIpc) is 3.02. The van der Waals surface area contributed by atoms with Gasteiger partial charge in [-0.15, -0.1) is 11.3 Å². The molecule has 1 aromatic heterocycles. The van der Waals surface area contributed by atoms with Gasteiger partial charge in [0.25, 0.3) is 0 Å². The molecule has 0 saturated heterocycles. The molecule has 0 aliphatic carbocycles. The summed E-state index contributed by atoms with van der Waals surface area (Å²) in [5.41, 5.74) is 0.146. The molecule has 3 nitrogen and oxygen atoms in total. The van der Waals surface area contributed by atoms with Crippen LogP contribution >= 0.6 is 11.3 Å². The highest BCUT2D eigenvalue weighted by Crippen LogP contribution is 2.24. The molecule has 0 spiro atoms. The van der Waals surface area contributed by atoms with Crippen molar-refractivity contribution in [1.82, 2.24) is 5.32 Å². The zero-order chi connectivity index (χ0) is 16.2. The minimum absolute atomic E-state index is 0.126. The number of benzene rings is 1. The molecule has 2 aromatic rings. The van der Waals surface area contributed by atoms with E-state index in [4.69, 9.17) is 0 Å². The Hall–Kier alpha value is -1.98. The van der Waals surface area contributed by atoms with E-state index in [1.807, 2.05) is 17.5 Å². The van der Waals surface area contributed by atoms with E-state index in [-0.39, 0.29) is 18.3 Å². The standard InChI is InChI=1S/C17H18FNO2S/c1-12(10-13-5-7-14(18)8-6-13)16(20)19-11-17(2,21)15-4-3-9-22-15/h3-10,21H,11H2,1-2H3,(H,19,20). The molecule has 0 saturated carbocycles. The van der Waals surface area contributed by atoms with Crippen LogP contribution in [0.1, 0.15) is 24.3 Å². The molecular formula is C17H18FNO2S. The fourth-order valence-electron chi connectivity index (χ4n) is 1.94. The summed E-state index contributed by atoms with van der Waals surface area (Å²) in [5.74, 6) is -0.576. The van der Waals surface area contributed by atoms with Gasteiger partial charge in [-0.1, -0.05) is 18.2 Å². The number of rotatable bonds is 5. The number of hydrogen-bond acceptors (Lipinski definition) is 3. The molecule has 0 radical (unpaired) electrons. The highest BCUT2D eigenvalue weighted by molar-refractivity contribution is 7.10. The molecule has 0 aliphatic heterocycles. The minimum Gasteiger partial charge on any atom is -0.383 e. The van der Waals surface area contributed by atoms with Gasteiger partial charge in [-0.05, 0) is 49.1 Å². The maximum Gasteiger partial charge on any atom is 0.247 e. The van der Waals surface area contributed by atoms with E-state index in [2.05, 4.69) is 5.32 Å². The third-order valence-electron chi connectivity index (χ3n) is 3.26. The number of carbonyl (C=O) groups excluding carboxylic acids is 1. The zero-order valence-electron chi connectivity index (χ0n) is 12.5. The largest absolute Gasteiger partial charge is 0.383 e. The summed E-state index contributed by atoms with van der Waals surface area (Å²) < 4.78 is 12.8. The maximum absolute atomic E-state index is 12.8. The molecule has 0 aliphatic rings. The van der Waals surface area contributed by atoms with E-state index in [0.29, 0.717) is 5.57 Å². The summed E-state index contributed by atoms with van der Waals surface area (Å²) in [5, 5.41) is 15.0. The van der Waals surface area contributed by atoms with Gasteiger partial charge in [0.2, 0.25) is 5.91 Å². The predicted molar refractivity (Wildman–Crippen MR) is 87.0 cm³/mol. The van der Waals surface area contributed by atoms with Crippen LogP contribution in [0.2, 0.25) is 0 Å². The van der Waals surface area contributed by atoms with Crippen LogP contribution in [0.3, 0.4) is 0 Å². The Kier molecular flexibility index (Phi) is 5.11. The number of amides is 1. The molecule has 22 heavy (non-hydrogen) atoms. The van der Waals surface area contributed by atoms with E-state index in [9.17, 15) is 14.3 Å². The Morgan fingerprint density at radius 2 is 2.05 bits per heavy atom. The van der Waals surface area contributed by atoms with Crippen molar-refractivity contribution in [1.29, 1.82) is 0 Å². The fourth-order valence-corrected chi connectivity index (χ4v) is 2.73. The number of nitrogens with one attached hydrogen (secondary N) is 1. The van der Waals surface area contributed by atoms with Gasteiger partial charge in [0.1, 0.15) is 11.4 Å². The zero-order valence-corrected chi connectivity index (χ0v) is 13.3. The molecule has 1 atom stereocenters. The summed E-state index contributed by atoms with van der Waals surface area (Å²) in [6.07, 6.45) is 1.68. The monoisotopic (exact) mass is 319 g/mol. The quantitative estimate of drug-likeness (QED) is 0.831. The molecule has 0 fully saturated rings. The van der Waals surface area contributed by atoms with Crippen molar-refractivity contribution in [3.8, 4) is 0 Å². The first kappa shape index (κ1) is 16.4. The molecule has 1 amide bonds. The van der Waals surface area contributed by atoms with Crippen LogP contribution in [0, 0.1) is 5.82 Å². The van der Waals surface area contributed by atoms with Gasteiger partial charge in [0.05, 0.1) is 6.54 Å². The van der Waals surface area contributed by atoms with E-state index in [0.717, 1.165) is 10.4 Å². The van der Waals surface area contributed by atoms with Gasteiger partial charge < -0.3 is 10.4 Å². The smallest absolute Gasteiger partial charge is 0.247 e. The third kappa shape index (κ3) is 4.26. The van der Waals surface area contributed by atoms with E-state index in [1.165, 1.54) is 23.5 Å². The van der Waals surface area contributed by atoms with Crippen molar-refractivity contribution >= 4 is 23.3 Å². The van der Waals surface area contributed by atoms with Gasteiger partial charge in [-0.3, -0.25) is 4.79 Å². The van der Waals surface area contributed by atoms with Crippen molar-refractivity contribution in [2.75, 3.05) is 6.54 Å². The first-order chi connectivity index (χ1) is 10.4. The number of halogens is 1. The lowest BCUT2D eigenvalue weighted by atomic mass is 10.0. The Morgan fingerprint density at radius 1 is 1.36 bits per heavy atom. The number of aliphatic hydroxyl groups is 1. The van der Waals surface area contributed by atoms with Gasteiger partial charge in [0, 0.05) is 10.5 Å². The molecule has 2 N–H and O–H groups in total. The summed E-state index contributed by atoms with van der Waals surface area (Å²) in [6.45, 7) is 3.47. The predicted octanol–water partition coefficient (Wildman–Crippen LogP) is 3.31. The highest BCUT2D eigenvalue weighted by Gasteiger charge is 2.24. The lowest BCUT2D eigenvalue weighted by molar-refractivity contribution is -0.118. The second-order valence-corrected chi connectivity index (χ2v) is 6.26. The van der Waals surface area contributed by atoms with Gasteiger partial charge in [0.15, 0.2) is 0 Å². The minimum atomic E-state index is -1.10. The van der Waals surface area contributed by atoms with Crippen molar-refractivity contribution in [2.24, 2.45) is 0 Å². The van der Waals surface area contributed by atoms with Crippen LogP contribution < -0.4 is 5.32 Å². The molecule has 5 heteroatoms. The van der Waals surface area contributed by atoms with Crippen molar-refractivity contribution in [2.45, 2.75) is 19.4 Å². The fraction of sp³-hybridized carbons (Fsp3) is 0.235. The van der Waals surface area contributed by atoms with Gasteiger partial charge in [-0.25, -0.2) is 4.39 Å². The Labute approximate surface area is 133 Å².